The van der Waals surface area contributed by atoms with Gasteiger partial charge >= 0.3 is 0 Å². The van der Waals surface area contributed by atoms with Crippen molar-refractivity contribution in [2.24, 2.45) is 11.8 Å². The molecule has 1 saturated carbocycles. The molecule has 1 fully saturated rings. The summed E-state index contributed by atoms with van der Waals surface area (Å²) < 4.78 is 0. The molecule has 0 radical (unpaired) electrons. The van der Waals surface area contributed by atoms with Crippen molar-refractivity contribution in [2.45, 2.75) is 51.9 Å². The lowest BCUT2D eigenvalue weighted by Gasteiger charge is -2.29. The Labute approximate surface area is 135 Å². The molecule has 0 aliphatic heterocycles. The van der Waals surface area contributed by atoms with Gasteiger partial charge in [0.2, 0.25) is 0 Å². The van der Waals surface area contributed by atoms with Gasteiger partial charge in [-0.2, -0.15) is 0 Å². The van der Waals surface area contributed by atoms with Gasteiger partial charge in [0.1, 0.15) is 0 Å². The van der Waals surface area contributed by atoms with Crippen LogP contribution in [0.15, 0.2) is 54.6 Å². The van der Waals surface area contributed by atoms with E-state index in [2.05, 4.69) is 68.4 Å². The minimum Gasteiger partial charge on any atom is -0.0622 e. The third-order valence-corrected chi connectivity index (χ3v) is 5.29. The average molecular weight is 292 g/mol. The first-order valence-corrected chi connectivity index (χ1v) is 8.85. The van der Waals surface area contributed by atoms with Crippen molar-refractivity contribution in [1.29, 1.82) is 0 Å². The Balaban J connectivity index is 1.84. The summed E-state index contributed by atoms with van der Waals surface area (Å²) in [6, 6.07) is 20.2. The number of hydrogen-bond donors (Lipinski definition) is 0. The molecule has 0 nitrogen and oxygen atoms in total. The largest absolute Gasteiger partial charge is 0.0622 e. The molecule has 0 saturated heterocycles. The van der Waals surface area contributed by atoms with E-state index >= 15 is 0 Å². The predicted molar refractivity (Wildman–Crippen MR) is 95.2 cm³/mol. The molecule has 1 aliphatic carbocycles. The highest BCUT2D eigenvalue weighted by molar-refractivity contribution is 5.33. The molecule has 1 aliphatic rings. The Morgan fingerprint density at radius 1 is 0.909 bits per heavy atom. The Bertz CT molecular complexity index is 578. The molecule has 1 unspecified atom stereocenters. The van der Waals surface area contributed by atoms with Crippen LogP contribution in [0.2, 0.25) is 0 Å². The fraction of sp³-hybridized carbons (Fsp3) is 0.455. The van der Waals surface area contributed by atoms with Gasteiger partial charge in [-0.05, 0) is 47.3 Å². The summed E-state index contributed by atoms with van der Waals surface area (Å²) >= 11 is 0. The molecule has 116 valence electrons. The molecular weight excluding hydrogens is 264 g/mol. The molecule has 3 rings (SSSR count). The van der Waals surface area contributed by atoms with Crippen LogP contribution in [0.4, 0.5) is 0 Å². The molecule has 2 aromatic rings. The molecule has 2 aromatic carbocycles. The van der Waals surface area contributed by atoms with Crippen LogP contribution in [-0.4, -0.2) is 0 Å². The van der Waals surface area contributed by atoms with Gasteiger partial charge < -0.3 is 0 Å². The molecule has 22 heavy (non-hydrogen) atoms. The molecule has 0 bridgehead atoms. The average Bonchev–Trinajstić information content (AvgIpc) is 2.50. The highest BCUT2D eigenvalue weighted by atomic mass is 14.3. The molecule has 0 spiro atoms. The van der Waals surface area contributed by atoms with E-state index in [1.165, 1.54) is 31.2 Å². The number of benzene rings is 2. The van der Waals surface area contributed by atoms with E-state index < -0.39 is 0 Å². The highest BCUT2D eigenvalue weighted by Crippen LogP contribution is 2.35. The summed E-state index contributed by atoms with van der Waals surface area (Å²) in [6.07, 6.45) is 6.73. The minimum atomic E-state index is 0.624. The predicted octanol–water partition coefficient (Wildman–Crippen LogP) is 6.01. The SMILES string of the molecule is CC(C)C(Cc1ccccc1)c1ccccc1CC1CCC1. The Morgan fingerprint density at radius 3 is 2.23 bits per heavy atom. The maximum atomic E-state index is 2.38. The molecule has 0 heteroatoms. The summed E-state index contributed by atoms with van der Waals surface area (Å²) in [5, 5.41) is 0. The number of rotatable bonds is 6. The first-order chi connectivity index (χ1) is 10.7. The Kier molecular flexibility index (Phi) is 4.97. The molecule has 1 atom stereocenters. The van der Waals surface area contributed by atoms with Crippen LogP contribution in [0.3, 0.4) is 0 Å². The van der Waals surface area contributed by atoms with Crippen LogP contribution in [-0.2, 0) is 12.8 Å². The summed E-state index contributed by atoms with van der Waals surface area (Å²) in [7, 11) is 0. The highest BCUT2D eigenvalue weighted by Gasteiger charge is 2.23. The summed E-state index contributed by atoms with van der Waals surface area (Å²) in [5.74, 6) is 2.23. The van der Waals surface area contributed by atoms with Gasteiger partial charge in [0.15, 0.2) is 0 Å². The Hall–Kier alpha value is -1.56. The topological polar surface area (TPSA) is 0 Å². The van der Waals surface area contributed by atoms with Gasteiger partial charge in [0, 0.05) is 0 Å². The van der Waals surface area contributed by atoms with Crippen LogP contribution in [0.1, 0.15) is 55.7 Å². The van der Waals surface area contributed by atoms with Crippen molar-refractivity contribution in [3.63, 3.8) is 0 Å². The van der Waals surface area contributed by atoms with Crippen molar-refractivity contribution in [3.8, 4) is 0 Å². The summed E-state index contributed by atoms with van der Waals surface area (Å²) in [4.78, 5) is 0. The van der Waals surface area contributed by atoms with Gasteiger partial charge in [0.25, 0.3) is 0 Å². The van der Waals surface area contributed by atoms with Crippen LogP contribution < -0.4 is 0 Å². The second-order valence-electron chi connectivity index (χ2n) is 7.24. The third-order valence-electron chi connectivity index (χ3n) is 5.29. The van der Waals surface area contributed by atoms with Crippen LogP contribution in [0.5, 0.6) is 0 Å². The van der Waals surface area contributed by atoms with E-state index in [0.29, 0.717) is 11.8 Å². The lowest BCUT2D eigenvalue weighted by Crippen LogP contribution is -2.17. The van der Waals surface area contributed by atoms with Gasteiger partial charge in [-0.15, -0.1) is 0 Å². The smallest absolute Gasteiger partial charge is 0.00957 e. The lowest BCUT2D eigenvalue weighted by molar-refractivity contribution is 0.312. The standard InChI is InChI=1S/C22H28/c1-17(2)22(16-19-9-4-3-5-10-19)21-14-7-6-13-20(21)15-18-11-8-12-18/h3-7,9-10,13-14,17-18,22H,8,11-12,15-16H2,1-2H3. The molecule has 0 aromatic heterocycles. The van der Waals surface area contributed by atoms with Gasteiger partial charge in [-0.1, -0.05) is 87.7 Å². The molecule has 0 N–H and O–H groups in total. The normalized spacial score (nSPS) is 16.5. The maximum Gasteiger partial charge on any atom is -0.00957 e. The van der Waals surface area contributed by atoms with E-state index in [9.17, 15) is 0 Å². The van der Waals surface area contributed by atoms with Crippen LogP contribution >= 0.6 is 0 Å². The van der Waals surface area contributed by atoms with Crippen molar-refractivity contribution in [3.05, 3.63) is 71.3 Å². The zero-order chi connectivity index (χ0) is 15.4. The van der Waals surface area contributed by atoms with Crippen molar-refractivity contribution in [2.75, 3.05) is 0 Å². The fourth-order valence-corrected chi connectivity index (χ4v) is 3.66. The van der Waals surface area contributed by atoms with Crippen LogP contribution in [0.25, 0.3) is 0 Å². The third kappa shape index (κ3) is 3.61. The second-order valence-corrected chi connectivity index (χ2v) is 7.24. The molecule has 0 heterocycles. The first kappa shape index (κ1) is 15.3. The Morgan fingerprint density at radius 2 is 1.59 bits per heavy atom. The van der Waals surface area contributed by atoms with Gasteiger partial charge in [0.05, 0.1) is 0 Å². The molecule has 0 amide bonds. The van der Waals surface area contributed by atoms with E-state index in [-0.39, 0.29) is 0 Å². The zero-order valence-corrected chi connectivity index (χ0v) is 14.0. The maximum absolute atomic E-state index is 2.38. The first-order valence-electron chi connectivity index (χ1n) is 8.85. The lowest BCUT2D eigenvalue weighted by atomic mass is 9.76. The second kappa shape index (κ2) is 7.13. The van der Waals surface area contributed by atoms with E-state index in [1.807, 2.05) is 0 Å². The quantitative estimate of drug-likeness (QED) is 0.611. The summed E-state index contributed by atoms with van der Waals surface area (Å²) in [6.45, 7) is 4.74. The van der Waals surface area contributed by atoms with Crippen molar-refractivity contribution in [1.82, 2.24) is 0 Å². The van der Waals surface area contributed by atoms with Crippen molar-refractivity contribution >= 4 is 0 Å². The van der Waals surface area contributed by atoms with E-state index in [4.69, 9.17) is 0 Å². The monoisotopic (exact) mass is 292 g/mol. The van der Waals surface area contributed by atoms with E-state index in [1.54, 1.807) is 11.1 Å². The van der Waals surface area contributed by atoms with E-state index in [0.717, 1.165) is 12.3 Å². The zero-order valence-electron chi connectivity index (χ0n) is 14.0. The molecular formula is C22H28. The van der Waals surface area contributed by atoms with Crippen LogP contribution in [0, 0.1) is 11.8 Å². The van der Waals surface area contributed by atoms with Gasteiger partial charge in [-0.3, -0.25) is 0 Å². The van der Waals surface area contributed by atoms with Crippen molar-refractivity contribution < 1.29 is 0 Å². The van der Waals surface area contributed by atoms with Gasteiger partial charge in [-0.25, -0.2) is 0 Å². The fourth-order valence-electron chi connectivity index (χ4n) is 3.66. The summed E-state index contributed by atoms with van der Waals surface area (Å²) in [5.41, 5.74) is 4.65. The number of hydrogen-bond acceptors (Lipinski definition) is 0. The minimum absolute atomic E-state index is 0.624.